The lowest BCUT2D eigenvalue weighted by Gasteiger charge is -2.25. The van der Waals surface area contributed by atoms with Gasteiger partial charge in [0.05, 0.1) is 27.2 Å². The van der Waals surface area contributed by atoms with Gasteiger partial charge >= 0.3 is 7.82 Å². The molecule has 5 nitrogen and oxygen atoms in total. The Balaban J connectivity index is 0. The summed E-state index contributed by atoms with van der Waals surface area (Å²) in [6.45, 7) is 6.89. The smallest absolute Gasteiger partial charge is 0.329 e. The summed E-state index contributed by atoms with van der Waals surface area (Å²) in [5, 5.41) is 0. The lowest BCUT2D eigenvalue weighted by molar-refractivity contribution is -0.886. The van der Waals surface area contributed by atoms with E-state index in [2.05, 4.69) is 27.9 Å². The molecule has 0 radical (unpaired) electrons. The minimum absolute atomic E-state index is 1.14. The van der Waals surface area contributed by atoms with Crippen LogP contribution in [0.2, 0.25) is 0 Å². The molecule has 0 fully saturated rings. The van der Waals surface area contributed by atoms with E-state index in [1.165, 1.54) is 13.1 Å². The number of hydrogen-bond donors (Lipinski definition) is 3. The van der Waals surface area contributed by atoms with Gasteiger partial charge < -0.3 is 19.2 Å². The van der Waals surface area contributed by atoms with E-state index in [1.54, 1.807) is 0 Å². The van der Waals surface area contributed by atoms with Crippen molar-refractivity contribution < 1.29 is 23.7 Å². The first-order valence-electron chi connectivity index (χ1n) is 3.72. The molecule has 0 aliphatic carbocycles. The zero-order valence-corrected chi connectivity index (χ0v) is 8.95. The summed E-state index contributed by atoms with van der Waals surface area (Å²) >= 11 is 0. The molecule has 0 aromatic rings. The molecule has 0 aromatic carbocycles. The average Bonchev–Trinajstić information content (AvgIpc) is 1.85. The highest BCUT2D eigenvalue weighted by atomic mass is 31.2. The molecule has 0 heterocycles. The SMILES string of the molecule is CC[N+](C)(C)CC.O=P(O)(O)O. The number of hydrogen-bond acceptors (Lipinski definition) is 1. The van der Waals surface area contributed by atoms with E-state index in [1.807, 2.05) is 0 Å². The molecular weight excluding hydrogens is 181 g/mol. The van der Waals surface area contributed by atoms with Crippen LogP contribution in [0.1, 0.15) is 13.8 Å². The molecular formula is C6H19NO4P+. The Hall–Kier alpha value is 0.0700. The maximum atomic E-state index is 8.88. The summed E-state index contributed by atoms with van der Waals surface area (Å²) in [6, 6.07) is 0. The predicted octanol–water partition coefficient (Wildman–Crippen LogP) is 0.174. The van der Waals surface area contributed by atoms with Gasteiger partial charge in [-0.3, -0.25) is 0 Å². The largest absolute Gasteiger partial charge is 0.466 e. The van der Waals surface area contributed by atoms with E-state index >= 15 is 0 Å². The van der Waals surface area contributed by atoms with Gasteiger partial charge in [0.1, 0.15) is 0 Å². The van der Waals surface area contributed by atoms with Gasteiger partial charge in [-0.2, -0.15) is 0 Å². The molecule has 0 aromatic heterocycles. The Morgan fingerprint density at radius 1 is 1.08 bits per heavy atom. The van der Waals surface area contributed by atoms with Crippen molar-refractivity contribution in [1.82, 2.24) is 0 Å². The minimum Gasteiger partial charge on any atom is -0.329 e. The number of rotatable bonds is 2. The molecule has 0 spiro atoms. The van der Waals surface area contributed by atoms with Crippen molar-refractivity contribution in [3.63, 3.8) is 0 Å². The van der Waals surface area contributed by atoms with Crippen molar-refractivity contribution in [2.24, 2.45) is 0 Å². The highest BCUT2D eigenvalue weighted by Crippen LogP contribution is 2.25. The van der Waals surface area contributed by atoms with Gasteiger partial charge in [-0.15, -0.1) is 0 Å². The maximum absolute atomic E-state index is 8.88. The lowest BCUT2D eigenvalue weighted by atomic mass is 10.5. The van der Waals surface area contributed by atoms with Crippen molar-refractivity contribution in [1.29, 1.82) is 0 Å². The van der Waals surface area contributed by atoms with Crippen LogP contribution in [0.5, 0.6) is 0 Å². The Bertz CT molecular complexity index is 139. The topological polar surface area (TPSA) is 77.8 Å². The Kier molecular flexibility index (Phi) is 6.89. The predicted molar refractivity (Wildman–Crippen MR) is 47.5 cm³/mol. The molecule has 6 heteroatoms. The summed E-state index contributed by atoms with van der Waals surface area (Å²) in [4.78, 5) is 21.6. The number of quaternary nitrogens is 1. The van der Waals surface area contributed by atoms with Crippen LogP contribution in [0.15, 0.2) is 0 Å². The molecule has 0 bridgehead atoms. The summed E-state index contributed by atoms with van der Waals surface area (Å²) in [7, 11) is -0.167. The van der Waals surface area contributed by atoms with Gasteiger partial charge in [-0.1, -0.05) is 0 Å². The van der Waals surface area contributed by atoms with Crippen molar-refractivity contribution in [2.75, 3.05) is 27.2 Å². The van der Waals surface area contributed by atoms with E-state index in [0.717, 1.165) is 4.48 Å². The molecule has 0 atom stereocenters. The zero-order chi connectivity index (χ0) is 10.4. The molecule has 3 N–H and O–H groups in total. The monoisotopic (exact) mass is 200 g/mol. The fourth-order valence-electron chi connectivity index (χ4n) is 0.224. The van der Waals surface area contributed by atoms with Crippen molar-refractivity contribution in [3.05, 3.63) is 0 Å². The van der Waals surface area contributed by atoms with Crippen molar-refractivity contribution in [2.45, 2.75) is 13.8 Å². The quantitative estimate of drug-likeness (QED) is 0.438. The number of nitrogens with zero attached hydrogens (tertiary/aromatic N) is 1. The van der Waals surface area contributed by atoms with Crippen LogP contribution in [0.3, 0.4) is 0 Å². The third-order valence-electron chi connectivity index (χ3n) is 1.71. The highest BCUT2D eigenvalue weighted by Gasteiger charge is 2.04. The third-order valence-corrected chi connectivity index (χ3v) is 1.71. The molecule has 0 saturated carbocycles. The van der Waals surface area contributed by atoms with Crippen LogP contribution >= 0.6 is 7.82 Å². The molecule has 0 unspecified atom stereocenters. The molecule has 76 valence electrons. The van der Waals surface area contributed by atoms with E-state index in [-0.39, 0.29) is 0 Å². The molecule has 12 heavy (non-hydrogen) atoms. The van der Waals surface area contributed by atoms with Crippen LogP contribution in [0.25, 0.3) is 0 Å². The van der Waals surface area contributed by atoms with Crippen LogP contribution < -0.4 is 0 Å². The fourth-order valence-corrected chi connectivity index (χ4v) is 0.224. The van der Waals surface area contributed by atoms with Crippen LogP contribution in [0, 0.1) is 0 Å². The van der Waals surface area contributed by atoms with Gasteiger partial charge in [-0.05, 0) is 13.8 Å². The van der Waals surface area contributed by atoms with Crippen LogP contribution in [0.4, 0.5) is 0 Å². The minimum atomic E-state index is -4.64. The summed E-state index contributed by atoms with van der Waals surface area (Å²) < 4.78 is 10.0. The first-order chi connectivity index (χ1) is 5.12. The first kappa shape index (κ1) is 14.6. The second kappa shape index (κ2) is 5.67. The Morgan fingerprint density at radius 2 is 1.25 bits per heavy atom. The third kappa shape index (κ3) is 22.5. The standard InChI is InChI=1S/C6H16N.H3O4P/c1-5-7(3,4)6-2;1-5(2,3)4/h5-6H2,1-4H3;(H3,1,2,3,4)/q+1;. The van der Waals surface area contributed by atoms with E-state index in [4.69, 9.17) is 19.2 Å². The van der Waals surface area contributed by atoms with E-state index in [0.29, 0.717) is 0 Å². The molecule has 0 aliphatic rings. The Morgan fingerprint density at radius 3 is 1.25 bits per heavy atom. The normalized spacial score (nSPS) is 11.9. The molecule has 0 saturated heterocycles. The maximum Gasteiger partial charge on any atom is 0.466 e. The van der Waals surface area contributed by atoms with Crippen molar-refractivity contribution >= 4 is 7.82 Å². The zero-order valence-electron chi connectivity index (χ0n) is 8.06. The van der Waals surface area contributed by atoms with Gasteiger partial charge in [0, 0.05) is 0 Å². The van der Waals surface area contributed by atoms with Crippen LogP contribution in [-0.4, -0.2) is 46.3 Å². The van der Waals surface area contributed by atoms with Crippen molar-refractivity contribution in [3.8, 4) is 0 Å². The first-order valence-corrected chi connectivity index (χ1v) is 5.29. The summed E-state index contributed by atoms with van der Waals surface area (Å²) in [5.74, 6) is 0. The summed E-state index contributed by atoms with van der Waals surface area (Å²) in [5.41, 5.74) is 0. The molecule has 0 rings (SSSR count). The molecule has 0 amide bonds. The second-order valence-electron chi connectivity index (χ2n) is 3.08. The Labute approximate surface area is 73.5 Å². The number of phosphoric acid groups is 1. The highest BCUT2D eigenvalue weighted by molar-refractivity contribution is 7.45. The van der Waals surface area contributed by atoms with Gasteiger partial charge in [-0.25, -0.2) is 4.57 Å². The van der Waals surface area contributed by atoms with E-state index < -0.39 is 7.82 Å². The second-order valence-corrected chi connectivity index (χ2v) is 4.11. The van der Waals surface area contributed by atoms with Gasteiger partial charge in [0.15, 0.2) is 0 Å². The van der Waals surface area contributed by atoms with E-state index in [9.17, 15) is 0 Å². The lowest BCUT2D eigenvalue weighted by Crippen LogP contribution is -2.38. The van der Waals surface area contributed by atoms with Gasteiger partial charge in [0.25, 0.3) is 0 Å². The molecule has 0 aliphatic heterocycles. The fraction of sp³-hybridized carbons (Fsp3) is 1.00. The average molecular weight is 200 g/mol. The van der Waals surface area contributed by atoms with Crippen LogP contribution in [-0.2, 0) is 4.57 Å². The summed E-state index contributed by atoms with van der Waals surface area (Å²) in [6.07, 6.45) is 0. The van der Waals surface area contributed by atoms with Gasteiger partial charge in [0.2, 0.25) is 0 Å².